The number of aromatic nitrogens is 3. The van der Waals surface area contributed by atoms with Gasteiger partial charge in [-0.05, 0) is 25.2 Å². The first-order chi connectivity index (χ1) is 8.11. The summed E-state index contributed by atoms with van der Waals surface area (Å²) in [6, 6.07) is 2.37. The Labute approximate surface area is 104 Å². The molecule has 1 N–H and O–H groups in total. The molecule has 0 radical (unpaired) electrons. The van der Waals surface area contributed by atoms with Crippen molar-refractivity contribution in [2.45, 2.75) is 36.6 Å². The number of nitrogens with zero attached hydrogens (tertiary/aromatic N) is 3. The molecule has 0 saturated heterocycles. The van der Waals surface area contributed by atoms with Crippen LogP contribution in [0, 0.1) is 23.2 Å². The molecule has 1 aromatic heterocycles. The number of nitriles is 1. The maximum atomic E-state index is 11.3. The van der Waals surface area contributed by atoms with E-state index >= 15 is 0 Å². The Morgan fingerprint density at radius 1 is 1.59 bits per heavy atom. The van der Waals surface area contributed by atoms with Crippen molar-refractivity contribution in [1.82, 2.24) is 14.8 Å². The summed E-state index contributed by atoms with van der Waals surface area (Å²) in [5, 5.41) is 16.5. The van der Waals surface area contributed by atoms with E-state index in [2.05, 4.69) is 23.2 Å². The molecule has 1 fully saturated rings. The van der Waals surface area contributed by atoms with E-state index in [1.165, 1.54) is 4.57 Å². The van der Waals surface area contributed by atoms with Crippen LogP contribution in [0.3, 0.4) is 0 Å². The van der Waals surface area contributed by atoms with Crippen LogP contribution < -0.4 is 5.69 Å². The lowest BCUT2D eigenvalue weighted by molar-refractivity contribution is 0.345. The van der Waals surface area contributed by atoms with E-state index in [1.807, 2.05) is 0 Å². The molecule has 1 heterocycles. The van der Waals surface area contributed by atoms with Gasteiger partial charge in [-0.2, -0.15) is 5.26 Å². The number of aromatic amines is 1. The zero-order valence-electron chi connectivity index (χ0n) is 10.0. The Balaban J connectivity index is 2.13. The molecule has 6 heteroatoms. The van der Waals surface area contributed by atoms with Gasteiger partial charge in [-0.1, -0.05) is 18.7 Å². The number of hydrogen-bond donors (Lipinski definition) is 1. The average molecular weight is 252 g/mol. The molecule has 0 aromatic carbocycles. The zero-order chi connectivity index (χ0) is 12.4. The van der Waals surface area contributed by atoms with Crippen LogP contribution in [-0.4, -0.2) is 20.0 Å². The largest absolute Gasteiger partial charge is 0.343 e. The molecule has 2 rings (SSSR count). The number of thioether (sulfide) groups is 1. The summed E-state index contributed by atoms with van der Waals surface area (Å²) in [6.07, 6.45) is 3.09. The van der Waals surface area contributed by atoms with Gasteiger partial charge in [-0.15, -0.1) is 5.10 Å². The fraction of sp³-hybridized carbons (Fsp3) is 0.727. The van der Waals surface area contributed by atoms with Crippen molar-refractivity contribution in [1.29, 1.82) is 5.26 Å². The van der Waals surface area contributed by atoms with Gasteiger partial charge in [-0.25, -0.2) is 9.89 Å². The summed E-state index contributed by atoms with van der Waals surface area (Å²) < 4.78 is 1.50. The van der Waals surface area contributed by atoms with E-state index in [0.717, 1.165) is 19.3 Å². The van der Waals surface area contributed by atoms with Crippen LogP contribution in [0.2, 0.25) is 0 Å². The normalized spacial score (nSPS) is 28.9. The third-order valence-electron chi connectivity index (χ3n) is 3.32. The number of rotatable bonds is 2. The third kappa shape index (κ3) is 2.55. The number of H-pyrrole nitrogens is 1. The highest BCUT2D eigenvalue weighted by atomic mass is 32.2. The first kappa shape index (κ1) is 12.2. The van der Waals surface area contributed by atoms with Gasteiger partial charge in [0.1, 0.15) is 0 Å². The topological polar surface area (TPSA) is 74.5 Å². The van der Waals surface area contributed by atoms with E-state index in [-0.39, 0.29) is 16.9 Å². The molecular weight excluding hydrogens is 236 g/mol. The van der Waals surface area contributed by atoms with Gasteiger partial charge in [0.05, 0.1) is 12.0 Å². The Bertz CT molecular complexity index is 486. The predicted octanol–water partition coefficient (Wildman–Crippen LogP) is 1.53. The maximum absolute atomic E-state index is 11.3. The highest BCUT2D eigenvalue weighted by molar-refractivity contribution is 7.99. The first-order valence-corrected chi connectivity index (χ1v) is 6.67. The van der Waals surface area contributed by atoms with Crippen LogP contribution in [0.1, 0.15) is 26.2 Å². The summed E-state index contributed by atoms with van der Waals surface area (Å²) in [4.78, 5) is 11.3. The molecule has 17 heavy (non-hydrogen) atoms. The zero-order valence-corrected chi connectivity index (χ0v) is 10.8. The van der Waals surface area contributed by atoms with Crippen molar-refractivity contribution < 1.29 is 0 Å². The molecule has 3 atom stereocenters. The Morgan fingerprint density at radius 2 is 2.35 bits per heavy atom. The third-order valence-corrected chi connectivity index (χ3v) is 4.71. The molecule has 0 bridgehead atoms. The van der Waals surface area contributed by atoms with Crippen molar-refractivity contribution in [2.24, 2.45) is 18.9 Å². The molecule has 0 amide bonds. The van der Waals surface area contributed by atoms with Gasteiger partial charge in [0.2, 0.25) is 0 Å². The van der Waals surface area contributed by atoms with Gasteiger partial charge in [0.25, 0.3) is 0 Å². The highest BCUT2D eigenvalue weighted by Gasteiger charge is 2.30. The van der Waals surface area contributed by atoms with Crippen LogP contribution in [0.15, 0.2) is 9.95 Å². The van der Waals surface area contributed by atoms with Crippen LogP contribution in [-0.2, 0) is 7.05 Å². The second-order valence-electron chi connectivity index (χ2n) is 4.68. The molecule has 1 aliphatic carbocycles. The van der Waals surface area contributed by atoms with Crippen LogP contribution >= 0.6 is 11.8 Å². The number of nitrogens with one attached hydrogen (secondary N) is 1. The molecule has 1 aliphatic rings. The Kier molecular flexibility index (Phi) is 3.57. The number of hydrogen-bond acceptors (Lipinski definition) is 4. The highest BCUT2D eigenvalue weighted by Crippen LogP contribution is 2.38. The van der Waals surface area contributed by atoms with E-state index < -0.39 is 0 Å². The van der Waals surface area contributed by atoms with E-state index in [4.69, 9.17) is 5.26 Å². The summed E-state index contributed by atoms with van der Waals surface area (Å²) in [5.41, 5.74) is -0.204. The molecule has 1 saturated carbocycles. The van der Waals surface area contributed by atoms with Gasteiger partial charge in [0, 0.05) is 12.3 Å². The summed E-state index contributed by atoms with van der Waals surface area (Å²) in [6.45, 7) is 2.21. The standard InChI is InChI=1S/C11H16N4OS/c1-7-3-4-8(6-12)9(5-7)17-11-14-13-10(16)15(11)2/h7-9H,3-5H2,1-2H3,(H,13,16). The monoisotopic (exact) mass is 252 g/mol. The van der Waals surface area contributed by atoms with Gasteiger partial charge >= 0.3 is 5.69 Å². The lowest BCUT2D eigenvalue weighted by atomic mass is 9.83. The molecule has 0 spiro atoms. The minimum Gasteiger partial charge on any atom is -0.273 e. The summed E-state index contributed by atoms with van der Waals surface area (Å²) >= 11 is 1.55. The van der Waals surface area contributed by atoms with E-state index in [9.17, 15) is 4.79 Å². The van der Waals surface area contributed by atoms with Crippen LogP contribution in [0.4, 0.5) is 0 Å². The van der Waals surface area contributed by atoms with Crippen molar-refractivity contribution in [2.75, 3.05) is 0 Å². The minimum atomic E-state index is -0.204. The lowest BCUT2D eigenvalue weighted by Crippen LogP contribution is -2.25. The first-order valence-electron chi connectivity index (χ1n) is 5.79. The second-order valence-corrected chi connectivity index (χ2v) is 5.89. The van der Waals surface area contributed by atoms with Gasteiger partial charge in [0.15, 0.2) is 5.16 Å². The van der Waals surface area contributed by atoms with Gasteiger partial charge in [-0.3, -0.25) is 4.57 Å². The summed E-state index contributed by atoms with van der Waals surface area (Å²) in [5.74, 6) is 0.719. The van der Waals surface area contributed by atoms with Crippen LogP contribution in [0.5, 0.6) is 0 Å². The fourth-order valence-electron chi connectivity index (χ4n) is 2.18. The quantitative estimate of drug-likeness (QED) is 0.866. The second kappa shape index (κ2) is 4.96. The minimum absolute atomic E-state index is 0.0722. The predicted molar refractivity (Wildman–Crippen MR) is 65.6 cm³/mol. The molecule has 0 aliphatic heterocycles. The molecule has 5 nitrogen and oxygen atoms in total. The molecule has 3 unspecified atom stereocenters. The molecule has 1 aromatic rings. The molecular formula is C11H16N4OS. The summed E-state index contributed by atoms with van der Waals surface area (Å²) in [7, 11) is 1.70. The average Bonchev–Trinajstić information content (AvgIpc) is 2.61. The van der Waals surface area contributed by atoms with Crippen molar-refractivity contribution in [3.63, 3.8) is 0 Å². The SMILES string of the molecule is CC1CCC(C#N)C(Sc2n[nH]c(=O)n2C)C1. The lowest BCUT2D eigenvalue weighted by Gasteiger charge is -2.29. The smallest absolute Gasteiger partial charge is 0.273 e. The van der Waals surface area contributed by atoms with E-state index in [1.54, 1.807) is 18.8 Å². The van der Waals surface area contributed by atoms with Crippen molar-refractivity contribution in [3.8, 4) is 6.07 Å². The van der Waals surface area contributed by atoms with Crippen LogP contribution in [0.25, 0.3) is 0 Å². The van der Waals surface area contributed by atoms with Gasteiger partial charge < -0.3 is 0 Å². The molecule has 92 valence electrons. The van der Waals surface area contributed by atoms with E-state index in [0.29, 0.717) is 11.1 Å². The Hall–Kier alpha value is -1.22. The van der Waals surface area contributed by atoms with Crippen molar-refractivity contribution in [3.05, 3.63) is 10.5 Å². The fourth-order valence-corrected chi connectivity index (χ4v) is 3.58. The Morgan fingerprint density at radius 3 is 2.94 bits per heavy atom. The maximum Gasteiger partial charge on any atom is 0.343 e. The van der Waals surface area contributed by atoms with Crippen molar-refractivity contribution >= 4 is 11.8 Å².